The van der Waals surface area contributed by atoms with Crippen LogP contribution in [-0.2, 0) is 0 Å². The van der Waals surface area contributed by atoms with Gasteiger partial charge in [-0.25, -0.2) is 0 Å². The van der Waals surface area contributed by atoms with Gasteiger partial charge in [0.05, 0.1) is 5.60 Å². The van der Waals surface area contributed by atoms with Gasteiger partial charge in [0.15, 0.2) is 0 Å². The van der Waals surface area contributed by atoms with Gasteiger partial charge in [0, 0.05) is 0 Å². The Morgan fingerprint density at radius 1 is 1.62 bits per heavy atom. The molecule has 0 aliphatic heterocycles. The normalized spacial score (nSPS) is 18.8. The maximum absolute atomic E-state index is 9.14. The second-order valence-electron chi connectivity index (χ2n) is 2.01. The highest BCUT2D eigenvalue weighted by molar-refractivity contribution is 6.45. The van der Waals surface area contributed by atoms with Crippen molar-refractivity contribution < 1.29 is 5.11 Å². The Kier molecular flexibility index (Phi) is 3.10. The molecule has 0 aromatic carbocycles. The van der Waals surface area contributed by atoms with Crippen molar-refractivity contribution in [2.24, 2.45) is 0 Å². The van der Waals surface area contributed by atoms with Crippen molar-refractivity contribution in [2.45, 2.75) is 30.7 Å². The molecule has 0 rings (SSSR count). The van der Waals surface area contributed by atoms with E-state index in [1.807, 2.05) is 6.92 Å². The zero-order valence-electron chi connectivity index (χ0n) is 4.99. The van der Waals surface area contributed by atoms with Gasteiger partial charge in [-0.2, -0.15) is 0 Å². The van der Waals surface area contributed by atoms with Crippen LogP contribution in [0.3, 0.4) is 0 Å². The summed E-state index contributed by atoms with van der Waals surface area (Å²) in [7, 11) is 0. The lowest BCUT2D eigenvalue weighted by Crippen LogP contribution is -2.30. The highest BCUT2D eigenvalue weighted by Crippen LogP contribution is 2.22. The molecule has 0 heterocycles. The van der Waals surface area contributed by atoms with Crippen molar-refractivity contribution >= 4 is 23.2 Å². The van der Waals surface area contributed by atoms with Gasteiger partial charge < -0.3 is 5.11 Å². The molecule has 0 radical (unpaired) electrons. The average molecular weight is 157 g/mol. The maximum atomic E-state index is 9.14. The van der Waals surface area contributed by atoms with Crippen LogP contribution in [0.2, 0.25) is 0 Å². The first-order chi connectivity index (χ1) is 3.50. The van der Waals surface area contributed by atoms with Crippen LogP contribution >= 0.6 is 23.2 Å². The summed E-state index contributed by atoms with van der Waals surface area (Å²) < 4.78 is 0. The quantitative estimate of drug-likeness (QED) is 0.607. The van der Waals surface area contributed by atoms with Crippen LogP contribution in [0.15, 0.2) is 0 Å². The largest absolute Gasteiger partial charge is 0.387 e. The topological polar surface area (TPSA) is 20.2 Å². The molecule has 0 amide bonds. The second kappa shape index (κ2) is 2.90. The molecule has 8 heavy (non-hydrogen) atoms. The maximum Gasteiger partial charge on any atom is 0.136 e. The van der Waals surface area contributed by atoms with E-state index < -0.39 is 10.4 Å². The van der Waals surface area contributed by atoms with Gasteiger partial charge in [-0.3, -0.25) is 0 Å². The zero-order chi connectivity index (χ0) is 6.78. The fraction of sp³-hybridized carbons (Fsp3) is 1.00. The fourth-order valence-electron chi connectivity index (χ4n) is 0.154. The van der Waals surface area contributed by atoms with E-state index in [1.54, 1.807) is 6.92 Å². The van der Waals surface area contributed by atoms with Crippen molar-refractivity contribution in [1.82, 2.24) is 0 Å². The lowest BCUT2D eigenvalue weighted by atomic mass is 10.1. The van der Waals surface area contributed by atoms with E-state index >= 15 is 0 Å². The molecular weight excluding hydrogens is 147 g/mol. The van der Waals surface area contributed by atoms with Crippen LogP contribution in [0.4, 0.5) is 0 Å². The Morgan fingerprint density at radius 2 is 2.00 bits per heavy atom. The lowest BCUT2D eigenvalue weighted by Gasteiger charge is -2.21. The molecule has 1 N–H and O–H groups in total. The summed E-state index contributed by atoms with van der Waals surface area (Å²) in [5, 5.41) is 9.14. The lowest BCUT2D eigenvalue weighted by molar-refractivity contribution is 0.0702. The minimum absolute atomic E-state index is 0.574. The molecule has 50 valence electrons. The molecule has 0 bridgehead atoms. The minimum atomic E-state index is -0.927. The standard InChI is InChI=1S/C5H10Cl2O/c1-3-5(2,8)4(6)7/h4,8H,3H2,1-2H3. The Bertz CT molecular complexity index is 70.8. The molecule has 0 saturated heterocycles. The summed E-state index contributed by atoms with van der Waals surface area (Å²) in [5.41, 5.74) is -0.927. The van der Waals surface area contributed by atoms with E-state index in [9.17, 15) is 0 Å². The summed E-state index contributed by atoms with van der Waals surface area (Å²) in [4.78, 5) is -0.687. The molecule has 0 aromatic rings. The molecule has 1 nitrogen and oxygen atoms in total. The van der Waals surface area contributed by atoms with Crippen LogP contribution in [-0.4, -0.2) is 15.5 Å². The number of alkyl halides is 2. The Balaban J connectivity index is 3.71. The number of hydrogen-bond donors (Lipinski definition) is 1. The minimum Gasteiger partial charge on any atom is -0.387 e. The van der Waals surface area contributed by atoms with Crippen LogP contribution < -0.4 is 0 Å². The number of rotatable bonds is 2. The molecular formula is C5H10Cl2O. The van der Waals surface area contributed by atoms with Crippen LogP contribution in [0.25, 0.3) is 0 Å². The van der Waals surface area contributed by atoms with E-state index in [0.717, 1.165) is 0 Å². The van der Waals surface area contributed by atoms with Crippen molar-refractivity contribution in [1.29, 1.82) is 0 Å². The summed E-state index contributed by atoms with van der Waals surface area (Å²) >= 11 is 10.8. The average Bonchev–Trinajstić information content (AvgIpc) is 1.67. The van der Waals surface area contributed by atoms with E-state index in [1.165, 1.54) is 0 Å². The predicted molar refractivity (Wildman–Crippen MR) is 36.4 cm³/mol. The van der Waals surface area contributed by atoms with E-state index in [-0.39, 0.29) is 0 Å². The van der Waals surface area contributed by atoms with E-state index in [0.29, 0.717) is 6.42 Å². The van der Waals surface area contributed by atoms with Gasteiger partial charge in [-0.05, 0) is 13.3 Å². The van der Waals surface area contributed by atoms with Gasteiger partial charge in [0.25, 0.3) is 0 Å². The highest BCUT2D eigenvalue weighted by atomic mass is 35.5. The molecule has 0 aliphatic rings. The van der Waals surface area contributed by atoms with Gasteiger partial charge in [0.1, 0.15) is 4.84 Å². The molecule has 1 unspecified atom stereocenters. The zero-order valence-corrected chi connectivity index (χ0v) is 6.50. The third kappa shape index (κ3) is 2.21. The van der Waals surface area contributed by atoms with Gasteiger partial charge in [-0.15, -0.1) is 23.2 Å². The first-order valence-corrected chi connectivity index (χ1v) is 3.38. The molecule has 0 aromatic heterocycles. The third-order valence-corrected chi connectivity index (χ3v) is 2.13. The van der Waals surface area contributed by atoms with Crippen LogP contribution in [0.1, 0.15) is 20.3 Å². The van der Waals surface area contributed by atoms with Gasteiger partial charge >= 0.3 is 0 Å². The summed E-state index contributed by atoms with van der Waals surface area (Å²) in [6.45, 7) is 3.44. The van der Waals surface area contributed by atoms with Crippen LogP contribution in [0.5, 0.6) is 0 Å². The first-order valence-electron chi connectivity index (χ1n) is 2.51. The summed E-state index contributed by atoms with van der Waals surface area (Å²) in [5.74, 6) is 0. The van der Waals surface area contributed by atoms with Crippen molar-refractivity contribution in [3.63, 3.8) is 0 Å². The molecule has 0 aliphatic carbocycles. The monoisotopic (exact) mass is 156 g/mol. The van der Waals surface area contributed by atoms with E-state index in [4.69, 9.17) is 28.3 Å². The summed E-state index contributed by atoms with van der Waals surface area (Å²) in [6, 6.07) is 0. The predicted octanol–water partition coefficient (Wildman–Crippen LogP) is 1.95. The van der Waals surface area contributed by atoms with Gasteiger partial charge in [-0.1, -0.05) is 6.92 Å². The Morgan fingerprint density at radius 3 is 2.00 bits per heavy atom. The van der Waals surface area contributed by atoms with Crippen molar-refractivity contribution in [3.8, 4) is 0 Å². The molecule has 3 heteroatoms. The third-order valence-electron chi connectivity index (χ3n) is 1.19. The number of aliphatic hydroxyl groups is 1. The van der Waals surface area contributed by atoms with Crippen LogP contribution in [0, 0.1) is 0 Å². The SMILES string of the molecule is CCC(C)(O)C(Cl)Cl. The molecule has 0 saturated carbocycles. The smallest absolute Gasteiger partial charge is 0.136 e. The van der Waals surface area contributed by atoms with Crippen molar-refractivity contribution in [2.75, 3.05) is 0 Å². The fourth-order valence-corrected chi connectivity index (χ4v) is 0.463. The van der Waals surface area contributed by atoms with Gasteiger partial charge in [0.2, 0.25) is 0 Å². The second-order valence-corrected chi connectivity index (χ2v) is 3.11. The van der Waals surface area contributed by atoms with E-state index in [2.05, 4.69) is 0 Å². The molecule has 0 fully saturated rings. The molecule has 1 atom stereocenters. The highest BCUT2D eigenvalue weighted by Gasteiger charge is 2.25. The first kappa shape index (κ1) is 8.54. The number of hydrogen-bond acceptors (Lipinski definition) is 1. The Labute approximate surface area is 59.6 Å². The van der Waals surface area contributed by atoms with Crippen molar-refractivity contribution in [3.05, 3.63) is 0 Å². The number of halogens is 2. The Hall–Kier alpha value is 0.540. The summed E-state index contributed by atoms with van der Waals surface area (Å²) in [6.07, 6.45) is 0.574. The molecule has 0 spiro atoms.